The van der Waals surface area contributed by atoms with Crippen LogP contribution >= 0.6 is 11.6 Å². The smallest absolute Gasteiger partial charge is 0.144 e. The molecule has 17 heavy (non-hydrogen) atoms. The molecule has 5 heteroatoms. The van der Waals surface area contributed by atoms with E-state index in [2.05, 4.69) is 16.4 Å². The highest BCUT2D eigenvalue weighted by Gasteiger charge is 2.11. The average Bonchev–Trinajstić information content (AvgIpc) is 2.38. The number of nitrogens with zero attached hydrogens (tertiary/aromatic N) is 2. The molecule has 0 saturated carbocycles. The lowest BCUT2D eigenvalue weighted by molar-refractivity contribution is 0.420. The topological polar surface area (TPSA) is 57.9 Å². The minimum Gasteiger partial charge on any atom is -0.496 e. The van der Waals surface area contributed by atoms with Crippen LogP contribution in [0, 0.1) is 11.3 Å². The summed E-state index contributed by atoms with van der Waals surface area (Å²) in [5.74, 6) is 1.16. The summed E-state index contributed by atoms with van der Waals surface area (Å²) in [7, 11) is 3.28. The average molecular weight is 248 g/mol. The van der Waals surface area contributed by atoms with Gasteiger partial charge >= 0.3 is 0 Å². The molecular weight excluding hydrogens is 238 g/mol. The molecule has 86 valence electrons. The van der Waals surface area contributed by atoms with Crippen molar-refractivity contribution in [1.29, 1.82) is 5.26 Å². The van der Waals surface area contributed by atoms with E-state index in [-0.39, 0.29) is 0 Å². The van der Waals surface area contributed by atoms with Crippen molar-refractivity contribution in [3.8, 4) is 11.8 Å². The van der Waals surface area contributed by atoms with E-state index in [0.29, 0.717) is 27.7 Å². The monoisotopic (exact) mass is 247 g/mol. The summed E-state index contributed by atoms with van der Waals surface area (Å²) in [6.45, 7) is 0. The van der Waals surface area contributed by atoms with Gasteiger partial charge in [0, 0.05) is 12.4 Å². The van der Waals surface area contributed by atoms with Gasteiger partial charge in [0.2, 0.25) is 0 Å². The summed E-state index contributed by atoms with van der Waals surface area (Å²) < 4.78 is 5.23. The van der Waals surface area contributed by atoms with Gasteiger partial charge in [0.05, 0.1) is 23.2 Å². The number of halogens is 1. The van der Waals surface area contributed by atoms with E-state index in [9.17, 15) is 0 Å². The summed E-state index contributed by atoms with van der Waals surface area (Å²) in [5.41, 5.74) is 1.08. The van der Waals surface area contributed by atoms with Gasteiger partial charge in [-0.3, -0.25) is 0 Å². The van der Waals surface area contributed by atoms with Gasteiger partial charge in [-0.2, -0.15) is 5.26 Å². The summed E-state index contributed by atoms with van der Waals surface area (Å²) in [6, 6.07) is 7.29. The van der Waals surface area contributed by atoms with Crippen LogP contribution in [0.25, 0.3) is 10.9 Å². The summed E-state index contributed by atoms with van der Waals surface area (Å²) >= 11 is 6.08. The van der Waals surface area contributed by atoms with E-state index in [0.717, 1.165) is 5.39 Å². The lowest BCUT2D eigenvalue weighted by Crippen LogP contribution is -1.98. The number of fused-ring (bicyclic) bond motifs is 1. The van der Waals surface area contributed by atoms with Gasteiger partial charge < -0.3 is 10.1 Å². The summed E-state index contributed by atoms with van der Waals surface area (Å²) in [6.07, 6.45) is 0. The Hall–Kier alpha value is -1.99. The zero-order chi connectivity index (χ0) is 12.4. The molecule has 0 atom stereocenters. The summed E-state index contributed by atoms with van der Waals surface area (Å²) in [5, 5.41) is 13.2. The largest absolute Gasteiger partial charge is 0.496 e. The van der Waals surface area contributed by atoms with Crippen LogP contribution < -0.4 is 10.1 Å². The summed E-state index contributed by atoms with van der Waals surface area (Å²) in [4.78, 5) is 4.33. The molecule has 0 radical (unpaired) electrons. The van der Waals surface area contributed by atoms with Crippen molar-refractivity contribution in [2.24, 2.45) is 0 Å². The Labute approximate surface area is 104 Å². The zero-order valence-corrected chi connectivity index (χ0v) is 10.2. The fourth-order valence-electron chi connectivity index (χ4n) is 1.65. The number of anilines is 1. The maximum absolute atomic E-state index is 9.04. The molecule has 2 rings (SSSR count). The molecule has 1 N–H and O–H groups in total. The van der Waals surface area contributed by atoms with Crippen LogP contribution in [-0.2, 0) is 0 Å². The molecular formula is C12H10ClN3O. The molecule has 2 aromatic rings. The van der Waals surface area contributed by atoms with Gasteiger partial charge in [0.1, 0.15) is 17.6 Å². The SMILES string of the molecule is CNc1nc2c(Cl)ccc(OC)c2cc1C#N. The molecule has 4 nitrogen and oxygen atoms in total. The number of methoxy groups -OCH3 is 1. The van der Waals surface area contributed by atoms with Gasteiger partial charge in [0.25, 0.3) is 0 Å². The molecule has 0 aliphatic heterocycles. The van der Waals surface area contributed by atoms with Crippen molar-refractivity contribution >= 4 is 28.3 Å². The minimum absolute atomic E-state index is 0.459. The van der Waals surface area contributed by atoms with Crippen molar-refractivity contribution in [3.63, 3.8) is 0 Å². The fourth-order valence-corrected chi connectivity index (χ4v) is 1.86. The quantitative estimate of drug-likeness (QED) is 0.887. The normalized spacial score (nSPS) is 10.0. The number of hydrogen-bond acceptors (Lipinski definition) is 4. The maximum atomic E-state index is 9.04. The van der Waals surface area contributed by atoms with Crippen LogP contribution in [0.2, 0.25) is 5.02 Å². The van der Waals surface area contributed by atoms with Gasteiger partial charge in [0.15, 0.2) is 0 Å². The highest BCUT2D eigenvalue weighted by Crippen LogP contribution is 2.32. The molecule has 1 aromatic carbocycles. The first-order chi connectivity index (χ1) is 8.21. The van der Waals surface area contributed by atoms with Gasteiger partial charge in [-0.1, -0.05) is 11.6 Å². The van der Waals surface area contributed by atoms with Crippen molar-refractivity contribution in [2.45, 2.75) is 0 Å². The molecule has 0 aliphatic carbocycles. The number of nitriles is 1. The number of benzene rings is 1. The third-order valence-electron chi connectivity index (χ3n) is 2.47. The van der Waals surface area contributed by atoms with E-state index < -0.39 is 0 Å². The Morgan fingerprint density at radius 2 is 2.24 bits per heavy atom. The first-order valence-electron chi connectivity index (χ1n) is 4.96. The van der Waals surface area contributed by atoms with Crippen LogP contribution in [0.5, 0.6) is 5.75 Å². The van der Waals surface area contributed by atoms with Crippen molar-refractivity contribution < 1.29 is 4.74 Å². The minimum atomic E-state index is 0.459. The predicted octanol–water partition coefficient (Wildman–Crippen LogP) is 2.81. The van der Waals surface area contributed by atoms with Crippen LogP contribution in [0.4, 0.5) is 5.82 Å². The Kier molecular flexibility index (Phi) is 3.03. The number of nitrogens with one attached hydrogen (secondary N) is 1. The number of pyridine rings is 1. The van der Waals surface area contributed by atoms with Crippen LogP contribution in [0.15, 0.2) is 18.2 Å². The van der Waals surface area contributed by atoms with Crippen molar-refractivity contribution in [3.05, 3.63) is 28.8 Å². The molecule has 0 bridgehead atoms. The lowest BCUT2D eigenvalue weighted by Gasteiger charge is -2.09. The van der Waals surface area contributed by atoms with Crippen LogP contribution in [0.1, 0.15) is 5.56 Å². The van der Waals surface area contributed by atoms with Crippen LogP contribution in [0.3, 0.4) is 0 Å². The predicted molar refractivity (Wildman–Crippen MR) is 67.6 cm³/mol. The second-order valence-corrected chi connectivity index (χ2v) is 3.80. The number of aromatic nitrogens is 1. The standard InChI is InChI=1S/C12H10ClN3O/c1-15-12-7(6-14)5-8-10(17-2)4-3-9(13)11(8)16-12/h3-5H,1-2H3,(H,15,16). The molecule has 0 fully saturated rings. The maximum Gasteiger partial charge on any atom is 0.144 e. The van der Waals surface area contributed by atoms with Crippen molar-refractivity contribution in [2.75, 3.05) is 19.5 Å². The molecule has 0 unspecified atom stereocenters. The van der Waals surface area contributed by atoms with Gasteiger partial charge in [-0.25, -0.2) is 4.98 Å². The first-order valence-corrected chi connectivity index (χ1v) is 5.34. The van der Waals surface area contributed by atoms with E-state index in [1.54, 1.807) is 32.4 Å². The van der Waals surface area contributed by atoms with Gasteiger partial charge in [-0.05, 0) is 18.2 Å². The van der Waals surface area contributed by atoms with E-state index >= 15 is 0 Å². The Morgan fingerprint density at radius 3 is 2.82 bits per heavy atom. The number of rotatable bonds is 2. The lowest BCUT2D eigenvalue weighted by atomic mass is 10.1. The third kappa shape index (κ3) is 1.85. The molecule has 0 aliphatic rings. The van der Waals surface area contributed by atoms with E-state index in [1.165, 1.54) is 0 Å². The highest BCUT2D eigenvalue weighted by molar-refractivity contribution is 6.35. The zero-order valence-electron chi connectivity index (χ0n) is 9.41. The Bertz CT molecular complexity index is 619. The van der Waals surface area contributed by atoms with Gasteiger partial charge in [-0.15, -0.1) is 0 Å². The molecule has 1 aromatic heterocycles. The first kappa shape index (κ1) is 11.5. The fraction of sp³-hybridized carbons (Fsp3) is 0.167. The number of ether oxygens (including phenoxy) is 1. The third-order valence-corrected chi connectivity index (χ3v) is 2.78. The molecule has 0 amide bonds. The van der Waals surface area contributed by atoms with E-state index in [4.69, 9.17) is 21.6 Å². The molecule has 0 saturated heterocycles. The second kappa shape index (κ2) is 4.48. The van der Waals surface area contributed by atoms with Crippen LogP contribution in [-0.4, -0.2) is 19.1 Å². The second-order valence-electron chi connectivity index (χ2n) is 3.39. The van der Waals surface area contributed by atoms with E-state index in [1.807, 2.05) is 0 Å². The number of hydrogen-bond donors (Lipinski definition) is 1. The molecule has 0 spiro atoms. The Balaban J connectivity index is 2.87. The highest BCUT2D eigenvalue weighted by atomic mass is 35.5. The molecule has 1 heterocycles. The Morgan fingerprint density at radius 1 is 1.47 bits per heavy atom. The van der Waals surface area contributed by atoms with Crippen molar-refractivity contribution in [1.82, 2.24) is 4.98 Å².